The summed E-state index contributed by atoms with van der Waals surface area (Å²) >= 11 is 0.927. The number of esters is 1. The van der Waals surface area contributed by atoms with Gasteiger partial charge in [0.05, 0.1) is 30.5 Å². The van der Waals surface area contributed by atoms with Gasteiger partial charge in [0, 0.05) is 5.56 Å². The number of anilines is 1. The molecule has 1 atom stereocenters. The SMILES string of the molecule is CCCOc1cccc(/C(O)=C2\C(=O)C(=O)N(c3nc(C)c(C(=O)OCC)s3)C2c2ccc(O)cc2)c1. The van der Waals surface area contributed by atoms with Gasteiger partial charge in [0.2, 0.25) is 0 Å². The highest BCUT2D eigenvalue weighted by atomic mass is 32.1. The van der Waals surface area contributed by atoms with E-state index in [4.69, 9.17) is 9.47 Å². The minimum atomic E-state index is -1.05. The Labute approximate surface area is 217 Å². The Hall–Kier alpha value is -4.18. The monoisotopic (exact) mass is 522 g/mol. The lowest BCUT2D eigenvalue weighted by atomic mass is 9.95. The number of amides is 1. The van der Waals surface area contributed by atoms with Gasteiger partial charge in [-0.05, 0) is 50.1 Å². The maximum Gasteiger partial charge on any atom is 0.350 e. The van der Waals surface area contributed by atoms with Crippen LogP contribution in [0.5, 0.6) is 11.5 Å². The topological polar surface area (TPSA) is 126 Å². The Bertz CT molecular complexity index is 1380. The maximum atomic E-state index is 13.3. The predicted octanol–water partition coefficient (Wildman–Crippen LogP) is 4.75. The lowest BCUT2D eigenvalue weighted by molar-refractivity contribution is -0.132. The van der Waals surface area contributed by atoms with Gasteiger partial charge >= 0.3 is 11.9 Å². The second-order valence-corrected chi connectivity index (χ2v) is 9.25. The molecule has 0 radical (unpaired) electrons. The Balaban J connectivity index is 1.87. The first kappa shape index (κ1) is 25.9. The van der Waals surface area contributed by atoms with E-state index in [0.717, 1.165) is 22.7 Å². The van der Waals surface area contributed by atoms with E-state index >= 15 is 0 Å². The second-order valence-electron chi connectivity index (χ2n) is 8.27. The molecule has 9 nitrogen and oxygen atoms in total. The van der Waals surface area contributed by atoms with E-state index in [1.165, 1.54) is 12.1 Å². The van der Waals surface area contributed by atoms with Crippen molar-refractivity contribution in [3.8, 4) is 11.5 Å². The molecule has 1 aromatic heterocycles. The summed E-state index contributed by atoms with van der Waals surface area (Å²) in [4.78, 5) is 44.8. The van der Waals surface area contributed by atoms with Gasteiger partial charge in [-0.3, -0.25) is 14.5 Å². The summed E-state index contributed by atoms with van der Waals surface area (Å²) < 4.78 is 10.7. The summed E-state index contributed by atoms with van der Waals surface area (Å²) in [5.41, 5.74) is 0.972. The number of carbonyl (C=O) groups is 3. The third-order valence-electron chi connectivity index (χ3n) is 5.69. The van der Waals surface area contributed by atoms with Gasteiger partial charge in [-0.15, -0.1) is 0 Å². The van der Waals surface area contributed by atoms with Crippen LogP contribution in [-0.4, -0.2) is 46.1 Å². The molecule has 0 spiro atoms. The first-order valence-electron chi connectivity index (χ1n) is 11.7. The molecule has 1 saturated heterocycles. The Morgan fingerprint density at radius 3 is 2.54 bits per heavy atom. The molecule has 1 aliphatic heterocycles. The van der Waals surface area contributed by atoms with Crippen LogP contribution in [0.4, 0.5) is 5.13 Å². The Morgan fingerprint density at radius 2 is 1.86 bits per heavy atom. The van der Waals surface area contributed by atoms with Gasteiger partial charge in [0.15, 0.2) is 5.13 Å². The van der Waals surface area contributed by atoms with E-state index in [1.807, 2.05) is 6.92 Å². The van der Waals surface area contributed by atoms with Gasteiger partial charge < -0.3 is 19.7 Å². The van der Waals surface area contributed by atoms with Gasteiger partial charge in [0.1, 0.15) is 22.1 Å². The second kappa shape index (κ2) is 10.8. The van der Waals surface area contributed by atoms with Crippen molar-refractivity contribution in [2.75, 3.05) is 18.1 Å². The zero-order chi connectivity index (χ0) is 26.7. The van der Waals surface area contributed by atoms with E-state index in [-0.39, 0.29) is 33.7 Å². The summed E-state index contributed by atoms with van der Waals surface area (Å²) in [7, 11) is 0. The highest BCUT2D eigenvalue weighted by molar-refractivity contribution is 7.17. The van der Waals surface area contributed by atoms with Gasteiger partial charge in [-0.2, -0.15) is 0 Å². The molecule has 0 aliphatic carbocycles. The predicted molar refractivity (Wildman–Crippen MR) is 138 cm³/mol. The molecule has 0 saturated carbocycles. The van der Waals surface area contributed by atoms with E-state index in [9.17, 15) is 24.6 Å². The molecule has 2 aromatic carbocycles. The molecule has 3 aromatic rings. The van der Waals surface area contributed by atoms with Gasteiger partial charge in [0.25, 0.3) is 5.78 Å². The van der Waals surface area contributed by atoms with Crippen molar-refractivity contribution >= 4 is 39.9 Å². The van der Waals surface area contributed by atoms with Crippen molar-refractivity contribution < 1.29 is 34.1 Å². The standard InChI is InChI=1S/C27H26N2O7S/c1-4-13-36-19-8-6-7-17(14-19)22(31)20-21(16-9-11-18(30)12-10-16)29(25(33)23(20)32)27-28-15(3)24(37-27)26(34)35-5-2/h6-12,14,21,30-31H,4-5,13H2,1-3H3/b22-20+. The number of phenols is 1. The Morgan fingerprint density at radius 1 is 1.14 bits per heavy atom. The van der Waals surface area contributed by atoms with Gasteiger partial charge in [-0.25, -0.2) is 9.78 Å². The first-order valence-corrected chi connectivity index (χ1v) is 12.6. The minimum absolute atomic E-state index is 0.00355. The number of benzene rings is 2. The van der Waals surface area contributed by atoms with Crippen LogP contribution in [0.1, 0.15) is 52.8 Å². The van der Waals surface area contributed by atoms with E-state index in [2.05, 4.69) is 4.98 Å². The number of carbonyl (C=O) groups excluding carboxylic acids is 3. The Kier molecular flexibility index (Phi) is 7.58. The molecule has 10 heteroatoms. The summed E-state index contributed by atoms with van der Waals surface area (Å²) in [5, 5.41) is 21.2. The number of ketones is 1. The number of aromatic hydroxyl groups is 1. The number of ether oxygens (including phenoxy) is 2. The zero-order valence-electron chi connectivity index (χ0n) is 20.6. The minimum Gasteiger partial charge on any atom is -0.508 e. The maximum absolute atomic E-state index is 13.3. The number of aromatic nitrogens is 1. The van der Waals surface area contributed by atoms with Crippen LogP contribution >= 0.6 is 11.3 Å². The number of aryl methyl sites for hydroxylation is 1. The van der Waals surface area contributed by atoms with Crippen LogP contribution in [0.15, 0.2) is 54.1 Å². The van der Waals surface area contributed by atoms with Gasteiger partial charge in [-0.1, -0.05) is 42.5 Å². The van der Waals surface area contributed by atoms with Crippen molar-refractivity contribution in [3.63, 3.8) is 0 Å². The fraction of sp³-hybridized carbons (Fsp3) is 0.259. The average Bonchev–Trinajstić information content (AvgIpc) is 3.40. The molecular formula is C27H26N2O7S. The van der Waals surface area contributed by atoms with E-state index in [0.29, 0.717) is 29.2 Å². The van der Waals surface area contributed by atoms with Crippen molar-refractivity contribution in [1.29, 1.82) is 0 Å². The number of phenolic OH excluding ortho intramolecular Hbond substituents is 1. The summed E-state index contributed by atoms with van der Waals surface area (Å²) in [5.74, 6) is -2.25. The molecule has 4 rings (SSSR count). The first-order chi connectivity index (χ1) is 17.8. The highest BCUT2D eigenvalue weighted by Gasteiger charge is 2.48. The molecule has 2 N–H and O–H groups in total. The number of thiazole rings is 1. The normalized spacial score (nSPS) is 16.7. The molecule has 1 unspecified atom stereocenters. The summed E-state index contributed by atoms with van der Waals surface area (Å²) in [6, 6.07) is 11.5. The van der Waals surface area contributed by atoms with Crippen LogP contribution in [0, 0.1) is 6.92 Å². The molecule has 1 amide bonds. The number of hydrogen-bond acceptors (Lipinski definition) is 9. The average molecular weight is 523 g/mol. The number of aliphatic hydroxyl groups excluding tert-OH is 1. The molecule has 1 aliphatic rings. The number of aliphatic hydroxyl groups is 1. The van der Waals surface area contributed by atoms with Crippen molar-refractivity contribution in [3.05, 3.63) is 75.8 Å². The third kappa shape index (κ3) is 5.05. The molecule has 2 heterocycles. The van der Waals surface area contributed by atoms with Crippen LogP contribution < -0.4 is 9.64 Å². The van der Waals surface area contributed by atoms with Crippen LogP contribution in [0.25, 0.3) is 5.76 Å². The highest BCUT2D eigenvalue weighted by Crippen LogP contribution is 2.44. The van der Waals surface area contributed by atoms with Crippen LogP contribution in [-0.2, 0) is 14.3 Å². The fourth-order valence-electron chi connectivity index (χ4n) is 3.98. The summed E-state index contributed by atoms with van der Waals surface area (Å²) in [6.45, 7) is 5.91. The molecule has 37 heavy (non-hydrogen) atoms. The van der Waals surface area contributed by atoms with Crippen molar-refractivity contribution in [1.82, 2.24) is 4.98 Å². The number of rotatable bonds is 8. The number of Topliss-reactive ketones (excluding diaryl/α,β-unsaturated/α-hetero) is 1. The van der Waals surface area contributed by atoms with Crippen molar-refractivity contribution in [2.24, 2.45) is 0 Å². The summed E-state index contributed by atoms with van der Waals surface area (Å²) in [6.07, 6.45) is 0.795. The number of hydrogen-bond donors (Lipinski definition) is 2. The quantitative estimate of drug-likeness (QED) is 0.188. The zero-order valence-corrected chi connectivity index (χ0v) is 21.4. The molecule has 0 bridgehead atoms. The lowest BCUT2D eigenvalue weighted by Crippen LogP contribution is -2.29. The van der Waals surface area contributed by atoms with Crippen molar-refractivity contribution in [2.45, 2.75) is 33.2 Å². The number of nitrogens with zero attached hydrogens (tertiary/aromatic N) is 2. The van der Waals surface area contributed by atoms with Crippen LogP contribution in [0.2, 0.25) is 0 Å². The smallest absolute Gasteiger partial charge is 0.350 e. The third-order valence-corrected chi connectivity index (χ3v) is 6.82. The lowest BCUT2D eigenvalue weighted by Gasteiger charge is -2.23. The largest absolute Gasteiger partial charge is 0.508 e. The van der Waals surface area contributed by atoms with Crippen LogP contribution in [0.3, 0.4) is 0 Å². The molecule has 192 valence electrons. The molecular weight excluding hydrogens is 496 g/mol. The fourth-order valence-corrected chi connectivity index (χ4v) is 4.97. The van der Waals surface area contributed by atoms with E-state index < -0.39 is 23.7 Å². The van der Waals surface area contributed by atoms with E-state index in [1.54, 1.807) is 50.2 Å². The molecule has 1 fully saturated rings.